The highest BCUT2D eigenvalue weighted by molar-refractivity contribution is 7.19. The number of carbonyl (C=O) groups is 4. The predicted octanol–water partition coefficient (Wildman–Crippen LogP) is 9.29. The largest absolute Gasteiger partial charge is 0.480 e. The topological polar surface area (TPSA) is 273 Å². The highest BCUT2D eigenvalue weighted by atomic mass is 32.1. The van der Waals surface area contributed by atoms with Gasteiger partial charge in [0.05, 0.1) is 15.8 Å². The minimum absolute atomic E-state index is 0.125. The molecule has 4 aliphatic rings. The van der Waals surface area contributed by atoms with Crippen LogP contribution in [-0.2, 0) is 19.1 Å². The third-order valence-electron chi connectivity index (χ3n) is 13.1. The van der Waals surface area contributed by atoms with E-state index in [2.05, 4.69) is 60.3 Å². The molecule has 0 bridgehead atoms. The number of hydrogen-bond acceptors (Lipinski definition) is 21. The van der Waals surface area contributed by atoms with E-state index in [1.165, 1.54) is 4.90 Å². The number of anilines is 6. The van der Waals surface area contributed by atoms with Crippen LogP contribution in [0.3, 0.4) is 0 Å². The van der Waals surface area contributed by atoms with Gasteiger partial charge >= 0.3 is 18.2 Å². The first kappa shape index (κ1) is 57.7. The number of amides is 2. The molecule has 5 N–H and O–H groups in total. The molecule has 420 valence electrons. The number of hydrogen-bond donors (Lipinski definition) is 4. The average Bonchev–Trinajstić information content (AvgIpc) is 4.26. The summed E-state index contributed by atoms with van der Waals surface area (Å²) in [7, 11) is 0. The van der Waals surface area contributed by atoms with Crippen LogP contribution in [0.2, 0.25) is 0 Å². The number of aromatic nitrogens is 8. The molecule has 0 aromatic carbocycles. The number of thiazole rings is 2. The number of likely N-dealkylation sites (tertiary alicyclic amines) is 2. The van der Waals surface area contributed by atoms with Crippen LogP contribution < -0.4 is 26.2 Å². The van der Waals surface area contributed by atoms with Crippen molar-refractivity contribution in [1.82, 2.24) is 49.7 Å². The van der Waals surface area contributed by atoms with Gasteiger partial charge in [0.25, 0.3) is 0 Å². The molecule has 4 fully saturated rings. The van der Waals surface area contributed by atoms with Crippen LogP contribution in [-0.4, -0.2) is 147 Å². The number of nitrogens with zero attached hydrogens (tertiary/aromatic N) is 12. The SMILES string of the molecule is CC(C)(C)OC(=O)N1CCC[C@H]1C(=O)O.Cc1nc(Nc2ncc(-c3ccncc3)s2)cc(N2CC[C@H](CC(=O)[C@@H]3CCCN3C(=O)OC(C)(C)C)C2)n1.Cc1nc(Nc2ncc(-c3ccncc3)s2)cc(N2CC[C@H](N)C2)n1. The molecule has 79 heavy (non-hydrogen) atoms. The molecule has 4 atom stereocenters. The number of Topliss-reactive ketones (excluding diaryl/α,β-unsaturated/α-hetero) is 1. The van der Waals surface area contributed by atoms with Crippen molar-refractivity contribution < 1.29 is 33.8 Å². The van der Waals surface area contributed by atoms with Gasteiger partial charge in [0.2, 0.25) is 0 Å². The molecule has 0 saturated carbocycles. The van der Waals surface area contributed by atoms with Crippen molar-refractivity contribution >= 4 is 80.1 Å². The Kier molecular flexibility index (Phi) is 18.7. The van der Waals surface area contributed by atoms with Crippen LogP contribution in [0, 0.1) is 19.8 Å². The molecule has 0 unspecified atom stereocenters. The van der Waals surface area contributed by atoms with Gasteiger partial charge < -0.3 is 40.7 Å². The molecule has 22 nitrogen and oxygen atoms in total. The minimum Gasteiger partial charge on any atom is -0.480 e. The molecule has 10 heterocycles. The fourth-order valence-electron chi connectivity index (χ4n) is 9.56. The highest BCUT2D eigenvalue weighted by Gasteiger charge is 2.39. The van der Waals surface area contributed by atoms with Gasteiger partial charge in [-0.05, 0) is 135 Å². The zero-order chi connectivity index (χ0) is 56.4. The summed E-state index contributed by atoms with van der Waals surface area (Å²) in [6.07, 6.45) is 15.0. The lowest BCUT2D eigenvalue weighted by atomic mass is 9.97. The zero-order valence-corrected chi connectivity index (χ0v) is 47.7. The van der Waals surface area contributed by atoms with E-state index in [1.54, 1.807) is 73.1 Å². The van der Waals surface area contributed by atoms with Crippen molar-refractivity contribution in [2.24, 2.45) is 11.7 Å². The second kappa shape index (κ2) is 25.6. The molecule has 24 heteroatoms. The second-order valence-corrected chi connectivity index (χ2v) is 23.9. The third-order valence-corrected chi connectivity index (χ3v) is 15.1. The summed E-state index contributed by atoms with van der Waals surface area (Å²) in [5, 5.41) is 17.0. The van der Waals surface area contributed by atoms with Crippen molar-refractivity contribution in [2.45, 2.75) is 130 Å². The van der Waals surface area contributed by atoms with E-state index in [9.17, 15) is 19.2 Å². The molecule has 0 spiro atoms. The lowest BCUT2D eigenvalue weighted by Crippen LogP contribution is -2.43. The molecule has 0 aliphatic carbocycles. The highest BCUT2D eigenvalue weighted by Crippen LogP contribution is 2.34. The molecular weight excluding hydrogens is 1050 g/mol. The van der Waals surface area contributed by atoms with Gasteiger partial charge in [-0.25, -0.2) is 44.3 Å². The number of carboxylic acid groups (broad SMARTS) is 1. The van der Waals surface area contributed by atoms with Crippen LogP contribution in [0.25, 0.3) is 20.9 Å². The number of carboxylic acids is 1. The van der Waals surface area contributed by atoms with E-state index < -0.39 is 35.4 Å². The number of nitrogens with one attached hydrogen (secondary N) is 2. The Morgan fingerprint density at radius 2 is 1.10 bits per heavy atom. The molecular formula is C55H71N15O7S2. The maximum Gasteiger partial charge on any atom is 0.411 e. The maximum atomic E-state index is 13.2. The Balaban J connectivity index is 0.000000175. The summed E-state index contributed by atoms with van der Waals surface area (Å²) in [6.45, 7) is 18.9. The van der Waals surface area contributed by atoms with Gasteiger partial charge in [-0.3, -0.25) is 24.6 Å². The first-order chi connectivity index (χ1) is 37.6. The summed E-state index contributed by atoms with van der Waals surface area (Å²) in [5.74, 6) is 3.96. The van der Waals surface area contributed by atoms with Crippen molar-refractivity contribution in [3.63, 3.8) is 0 Å². The number of carbonyl (C=O) groups excluding carboxylic acids is 3. The van der Waals surface area contributed by atoms with Crippen molar-refractivity contribution in [1.29, 1.82) is 0 Å². The summed E-state index contributed by atoms with van der Waals surface area (Å²) >= 11 is 3.13. The van der Waals surface area contributed by atoms with Crippen LogP contribution >= 0.6 is 22.7 Å². The quantitative estimate of drug-likeness (QED) is 0.0888. The Morgan fingerprint density at radius 1 is 0.646 bits per heavy atom. The second-order valence-electron chi connectivity index (χ2n) is 21.9. The van der Waals surface area contributed by atoms with Crippen LogP contribution in [0.15, 0.2) is 73.6 Å². The van der Waals surface area contributed by atoms with E-state index in [0.29, 0.717) is 44.0 Å². The zero-order valence-electron chi connectivity index (χ0n) is 46.1. The van der Waals surface area contributed by atoms with Crippen molar-refractivity contribution in [2.75, 3.05) is 59.7 Å². The Hall–Kier alpha value is -7.44. The van der Waals surface area contributed by atoms with Gasteiger partial charge in [-0.2, -0.15) is 0 Å². The lowest BCUT2D eigenvalue weighted by Gasteiger charge is -2.28. The fourth-order valence-corrected chi connectivity index (χ4v) is 11.2. The molecule has 4 aliphatic heterocycles. The smallest absolute Gasteiger partial charge is 0.411 e. The van der Waals surface area contributed by atoms with E-state index in [0.717, 1.165) is 106 Å². The summed E-state index contributed by atoms with van der Waals surface area (Å²) in [4.78, 5) is 93.1. The van der Waals surface area contributed by atoms with Crippen LogP contribution in [0.5, 0.6) is 0 Å². The molecule has 0 radical (unpaired) electrons. The number of ether oxygens (including phenoxy) is 2. The average molecular weight is 1120 g/mol. The predicted molar refractivity (Wildman–Crippen MR) is 305 cm³/mol. The number of nitrogens with two attached hydrogens (primary N) is 1. The van der Waals surface area contributed by atoms with Gasteiger partial charge in [-0.1, -0.05) is 22.7 Å². The number of aliphatic carboxylic acids is 1. The van der Waals surface area contributed by atoms with Gasteiger partial charge in [0.15, 0.2) is 16.0 Å². The third kappa shape index (κ3) is 16.3. The molecule has 6 aromatic rings. The normalized spacial score (nSPS) is 19.1. The number of pyridine rings is 2. The van der Waals surface area contributed by atoms with E-state index in [-0.39, 0.29) is 23.8 Å². The maximum absolute atomic E-state index is 13.2. The number of aryl methyl sites for hydroxylation is 2. The monoisotopic (exact) mass is 1120 g/mol. The minimum atomic E-state index is -0.960. The van der Waals surface area contributed by atoms with Crippen LogP contribution in [0.1, 0.15) is 98.1 Å². The molecule has 4 saturated heterocycles. The van der Waals surface area contributed by atoms with E-state index in [4.69, 9.17) is 20.3 Å². The Morgan fingerprint density at radius 3 is 1.56 bits per heavy atom. The van der Waals surface area contributed by atoms with Gasteiger partial charge in [-0.15, -0.1) is 0 Å². The molecule has 10 rings (SSSR count). The fraction of sp³-hybridized carbons (Fsp3) is 0.491. The van der Waals surface area contributed by atoms with E-state index >= 15 is 0 Å². The molecule has 6 aromatic heterocycles. The number of rotatable bonds is 12. The summed E-state index contributed by atoms with van der Waals surface area (Å²) in [5.41, 5.74) is 7.02. The number of ketones is 1. The van der Waals surface area contributed by atoms with Gasteiger partial charge in [0, 0.05) is 101 Å². The summed E-state index contributed by atoms with van der Waals surface area (Å²) in [6, 6.07) is 10.9. The van der Waals surface area contributed by atoms with E-state index in [1.807, 2.05) is 83.4 Å². The standard InChI is InChI=1S/C28H35N7O3S.C17H19N7S.C10H17NO4/c1-18-31-24(33-26-30-16-23(39-26)20-7-10-29-11-8-20)15-25(32-18)34-13-9-19(17-34)14-22(36)21-6-5-12-35(21)27(37)38-28(2,3)4;1-11-21-15(8-16(22-11)24-7-4-13(18)10-24)23-17-20-9-14(25-17)12-2-5-19-6-3-12;1-10(2,3)15-9(14)11-6-4-5-7(11)8(12)13/h7-8,10-11,15-16,19,21H,5-6,9,12-14,17H2,1-4H3,(H,30,31,32,33);2-3,5-6,8-9,13H,4,7,10,18H2,1H3,(H,20,21,22,23);7H,4-6H2,1-3H3,(H,12,13)/t19-,21+;13-;7-/m100/s1. The first-order valence-corrected chi connectivity index (χ1v) is 28.2. The van der Waals surface area contributed by atoms with Gasteiger partial charge in [0.1, 0.15) is 52.2 Å². The Labute approximate surface area is 468 Å². The van der Waals surface area contributed by atoms with Crippen molar-refractivity contribution in [3.8, 4) is 20.9 Å². The Bertz CT molecular complexity index is 3040. The summed E-state index contributed by atoms with van der Waals surface area (Å²) < 4.78 is 10.7. The lowest BCUT2D eigenvalue weighted by molar-refractivity contribution is -0.142. The first-order valence-electron chi connectivity index (χ1n) is 26.6. The molecule has 2 amide bonds. The van der Waals surface area contributed by atoms with Crippen LogP contribution in [0.4, 0.5) is 43.1 Å². The van der Waals surface area contributed by atoms with Crippen molar-refractivity contribution in [3.05, 3.63) is 85.2 Å².